The van der Waals surface area contributed by atoms with Crippen LogP contribution in [0.5, 0.6) is 0 Å². The van der Waals surface area contributed by atoms with Crippen LogP contribution in [0, 0.1) is 19.3 Å². The third-order valence-electron chi connectivity index (χ3n) is 7.71. The second-order valence-corrected chi connectivity index (χ2v) is 16.6. The van der Waals surface area contributed by atoms with E-state index < -0.39 is 37.6 Å². The molecule has 0 fully saturated rings. The highest BCUT2D eigenvalue weighted by Gasteiger charge is 2.43. The molecule has 3 aromatic rings. The molecule has 0 bridgehead atoms. The van der Waals surface area contributed by atoms with Crippen LogP contribution in [0.4, 0.5) is 13.2 Å². The standard InChI is InChI=1S/C27H36F3N3O3Si/c1-16-10-11-20(18(14-16)15-36-37(8,9)25(3,4)5)21(26(6,7)24(34)35)19-12-13-33-22(17(19)2)31-32-23(33)27(28,29)30/h10-14,21H,15H2,1-9H3,(H,34,35). The molecule has 0 aliphatic heterocycles. The van der Waals surface area contributed by atoms with Crippen molar-refractivity contribution >= 4 is 19.9 Å². The predicted octanol–water partition coefficient (Wildman–Crippen LogP) is 7.13. The summed E-state index contributed by atoms with van der Waals surface area (Å²) in [5.41, 5.74) is 2.41. The van der Waals surface area contributed by atoms with Crippen molar-refractivity contribution in [3.8, 4) is 0 Å². The predicted molar refractivity (Wildman–Crippen MR) is 139 cm³/mol. The van der Waals surface area contributed by atoms with Gasteiger partial charge in [0.25, 0.3) is 0 Å². The topological polar surface area (TPSA) is 76.7 Å². The molecule has 10 heteroatoms. The highest BCUT2D eigenvalue weighted by Crippen LogP contribution is 2.45. The number of aryl methyl sites for hydroxylation is 2. The molecule has 2 aromatic heterocycles. The molecule has 1 atom stereocenters. The molecule has 1 aromatic carbocycles. The van der Waals surface area contributed by atoms with Crippen LogP contribution in [0.25, 0.3) is 5.65 Å². The first-order chi connectivity index (χ1) is 16.8. The van der Waals surface area contributed by atoms with E-state index in [0.29, 0.717) is 17.7 Å². The molecule has 1 N–H and O–H groups in total. The largest absolute Gasteiger partial charge is 0.481 e. The number of aliphatic carboxylic acids is 1. The SMILES string of the molecule is Cc1ccc(C(c2ccn3c(C(F)(F)F)nnc3c2C)C(C)(C)C(=O)O)c(CO[Si](C)(C)C(C)(C)C)c1. The lowest BCUT2D eigenvalue weighted by Crippen LogP contribution is -2.40. The summed E-state index contributed by atoms with van der Waals surface area (Å²) in [5.74, 6) is -2.82. The van der Waals surface area contributed by atoms with Crippen molar-refractivity contribution in [2.24, 2.45) is 5.41 Å². The molecule has 1 unspecified atom stereocenters. The normalized spacial score (nSPS) is 14.3. The molecule has 3 rings (SSSR count). The Balaban J connectivity index is 2.24. The van der Waals surface area contributed by atoms with Crippen molar-refractivity contribution in [2.45, 2.75) is 85.3 Å². The molecule has 202 valence electrons. The van der Waals surface area contributed by atoms with E-state index in [1.54, 1.807) is 26.8 Å². The van der Waals surface area contributed by atoms with Gasteiger partial charge in [0, 0.05) is 12.1 Å². The quantitative estimate of drug-likeness (QED) is 0.326. The van der Waals surface area contributed by atoms with E-state index in [0.717, 1.165) is 21.1 Å². The number of alkyl halides is 3. The van der Waals surface area contributed by atoms with Gasteiger partial charge in [-0.15, -0.1) is 10.2 Å². The molecular formula is C27H36F3N3O3Si. The Morgan fingerprint density at radius 1 is 1.05 bits per heavy atom. The number of aromatic nitrogens is 3. The Hall–Kier alpha value is -2.72. The van der Waals surface area contributed by atoms with Gasteiger partial charge in [0.1, 0.15) is 0 Å². The van der Waals surface area contributed by atoms with E-state index in [-0.39, 0.29) is 10.7 Å². The van der Waals surface area contributed by atoms with Crippen LogP contribution in [0.15, 0.2) is 30.5 Å². The third kappa shape index (κ3) is 5.45. The van der Waals surface area contributed by atoms with Crippen LogP contribution in [0.3, 0.4) is 0 Å². The number of halogens is 3. The molecule has 0 aliphatic rings. The summed E-state index contributed by atoms with van der Waals surface area (Å²) in [4.78, 5) is 12.5. The van der Waals surface area contributed by atoms with E-state index >= 15 is 0 Å². The van der Waals surface area contributed by atoms with Crippen LogP contribution < -0.4 is 0 Å². The number of rotatable bonds is 7. The molecule has 0 amide bonds. The van der Waals surface area contributed by atoms with E-state index in [4.69, 9.17) is 4.43 Å². The summed E-state index contributed by atoms with van der Waals surface area (Å²) in [5, 5.41) is 17.4. The summed E-state index contributed by atoms with van der Waals surface area (Å²) in [6.07, 6.45) is -3.40. The highest BCUT2D eigenvalue weighted by atomic mass is 28.4. The van der Waals surface area contributed by atoms with Crippen molar-refractivity contribution in [1.29, 1.82) is 0 Å². The molecule has 0 radical (unpaired) electrons. The number of hydrogen-bond donors (Lipinski definition) is 1. The number of pyridine rings is 1. The fraction of sp³-hybridized carbons (Fsp3) is 0.519. The van der Waals surface area contributed by atoms with E-state index in [1.807, 2.05) is 25.1 Å². The minimum absolute atomic E-state index is 0.0117. The average Bonchev–Trinajstić information content (AvgIpc) is 3.20. The fourth-order valence-corrected chi connectivity index (χ4v) is 5.24. The van der Waals surface area contributed by atoms with Crippen LogP contribution in [-0.2, 0) is 22.0 Å². The molecule has 37 heavy (non-hydrogen) atoms. The van der Waals surface area contributed by atoms with Gasteiger partial charge in [-0.2, -0.15) is 13.2 Å². The van der Waals surface area contributed by atoms with Gasteiger partial charge >= 0.3 is 12.1 Å². The number of hydrogen-bond acceptors (Lipinski definition) is 4. The van der Waals surface area contributed by atoms with Gasteiger partial charge in [0.15, 0.2) is 14.0 Å². The van der Waals surface area contributed by atoms with Crippen molar-refractivity contribution in [3.05, 3.63) is 64.1 Å². The first kappa shape index (κ1) is 28.8. The summed E-state index contributed by atoms with van der Waals surface area (Å²) in [6.45, 7) is 18.0. The van der Waals surface area contributed by atoms with Gasteiger partial charge in [-0.05, 0) is 74.1 Å². The van der Waals surface area contributed by atoms with Crippen molar-refractivity contribution in [2.75, 3.05) is 0 Å². The molecule has 0 saturated heterocycles. The lowest BCUT2D eigenvalue weighted by molar-refractivity contribution is -0.147. The second-order valence-electron chi connectivity index (χ2n) is 11.8. The lowest BCUT2D eigenvalue weighted by atomic mass is 9.69. The molecule has 2 heterocycles. The number of carboxylic acid groups (broad SMARTS) is 1. The van der Waals surface area contributed by atoms with Gasteiger partial charge in [-0.25, -0.2) is 0 Å². The van der Waals surface area contributed by atoms with Gasteiger partial charge in [0.2, 0.25) is 5.82 Å². The smallest absolute Gasteiger partial charge is 0.452 e. The van der Waals surface area contributed by atoms with Crippen LogP contribution in [-0.4, -0.2) is 34.0 Å². The monoisotopic (exact) mass is 535 g/mol. The summed E-state index contributed by atoms with van der Waals surface area (Å²) in [6, 6.07) is 7.38. The lowest BCUT2D eigenvalue weighted by Gasteiger charge is -2.37. The van der Waals surface area contributed by atoms with E-state index in [9.17, 15) is 23.1 Å². The average molecular weight is 536 g/mol. The maximum absolute atomic E-state index is 13.4. The Kier molecular flexibility index (Phi) is 7.44. The molecule has 6 nitrogen and oxygen atoms in total. The maximum Gasteiger partial charge on any atom is 0.452 e. The van der Waals surface area contributed by atoms with Gasteiger partial charge in [-0.3, -0.25) is 9.20 Å². The Morgan fingerprint density at radius 2 is 1.68 bits per heavy atom. The molecular weight excluding hydrogens is 499 g/mol. The third-order valence-corrected chi connectivity index (χ3v) is 12.2. The van der Waals surface area contributed by atoms with E-state index in [1.165, 1.54) is 6.20 Å². The summed E-state index contributed by atoms with van der Waals surface area (Å²) in [7, 11) is -2.12. The van der Waals surface area contributed by atoms with Crippen molar-refractivity contribution in [1.82, 2.24) is 14.6 Å². The number of benzene rings is 1. The van der Waals surface area contributed by atoms with Crippen molar-refractivity contribution < 1.29 is 27.5 Å². The number of nitrogens with zero attached hydrogens (tertiary/aromatic N) is 3. The minimum Gasteiger partial charge on any atom is -0.481 e. The van der Waals surface area contributed by atoms with Gasteiger partial charge in [0.05, 0.1) is 12.0 Å². The summed E-state index contributed by atoms with van der Waals surface area (Å²) < 4.78 is 47.8. The fourth-order valence-electron chi connectivity index (χ4n) is 4.29. The Labute approximate surface area is 217 Å². The first-order valence-electron chi connectivity index (χ1n) is 12.2. The Bertz CT molecular complexity index is 1320. The zero-order chi connectivity index (χ0) is 28.1. The van der Waals surface area contributed by atoms with Crippen LogP contribution in [0.2, 0.25) is 18.1 Å². The van der Waals surface area contributed by atoms with Crippen LogP contribution >= 0.6 is 0 Å². The number of carbonyl (C=O) groups is 1. The first-order valence-corrected chi connectivity index (χ1v) is 15.1. The summed E-state index contributed by atoms with van der Waals surface area (Å²) >= 11 is 0. The highest BCUT2D eigenvalue weighted by molar-refractivity contribution is 6.74. The van der Waals surface area contributed by atoms with Gasteiger partial charge < -0.3 is 9.53 Å². The zero-order valence-corrected chi connectivity index (χ0v) is 23.9. The molecule has 0 spiro atoms. The number of carboxylic acids is 1. The Morgan fingerprint density at radius 3 is 2.22 bits per heavy atom. The zero-order valence-electron chi connectivity index (χ0n) is 22.9. The molecule has 0 aliphatic carbocycles. The maximum atomic E-state index is 13.4. The number of fused-ring (bicyclic) bond motifs is 1. The molecule has 0 saturated carbocycles. The minimum atomic E-state index is -4.67. The second kappa shape index (κ2) is 9.54. The van der Waals surface area contributed by atoms with E-state index in [2.05, 4.69) is 44.1 Å². The van der Waals surface area contributed by atoms with Crippen molar-refractivity contribution in [3.63, 3.8) is 0 Å². The van der Waals surface area contributed by atoms with Crippen LogP contribution in [0.1, 0.15) is 74.2 Å². The van der Waals surface area contributed by atoms with Gasteiger partial charge in [-0.1, -0.05) is 44.5 Å².